The number of rotatable bonds is 21. The maximum absolute atomic E-state index is 13.0. The highest BCUT2D eigenvalue weighted by Gasteiger charge is 2.66. The number of fused-ring (bicyclic) bond motifs is 7. The van der Waals surface area contributed by atoms with Gasteiger partial charge in [-0.2, -0.15) is 5.26 Å². The molecule has 2 aliphatic carbocycles. The number of unbranched alkanes of at least 4 members (excludes halogenated alkanes) is 2. The van der Waals surface area contributed by atoms with E-state index in [0.717, 1.165) is 42.4 Å². The Kier molecular flexibility index (Phi) is 18.0. The van der Waals surface area contributed by atoms with Gasteiger partial charge in [-0.05, 0) is 147 Å². The lowest BCUT2D eigenvalue weighted by molar-refractivity contribution is -0.337. The number of nitrogens with zero attached hydrogens (tertiary/aromatic N) is 2. The van der Waals surface area contributed by atoms with E-state index in [2.05, 4.69) is 37.7 Å². The van der Waals surface area contributed by atoms with Gasteiger partial charge in [-0.15, -0.1) is 6.58 Å². The standard InChI is InChI=1S/C59H76N2O13/c1-4-6-7-11-47-31-57(22-20-45-27-40(30-58(45,69)37-57)26-38-14-16-42(17-15-38)55(67)68)48-32-59(74-47)54(66)52(65)53(51(13-8-24-62)71-25-9-12-50(48)64)73-56(59)72-46-19-18-41(10-5-2)43(29-46)28-44(36-70-3)49(35-63)61-23-21-39(33-60)34-61/h5,14-19,21,23,29,31,34,40,44-45,48-54,56,62-66,69H,2,4,6-8,10-13,20,22,24,26-28,30,32,35-37H2,1,3H3,(H,67,68). The Hall–Kier alpha value is -5.20. The Morgan fingerprint density at radius 1 is 1.08 bits per heavy atom. The maximum Gasteiger partial charge on any atom is 0.335 e. The number of carboxylic acids is 1. The first-order valence-electron chi connectivity index (χ1n) is 26.7. The summed E-state index contributed by atoms with van der Waals surface area (Å²) in [5.41, 5.74) is -0.288. The lowest BCUT2D eigenvalue weighted by Crippen LogP contribution is -2.71. The number of nitriles is 1. The minimum atomic E-state index is -1.83. The second-order valence-corrected chi connectivity index (χ2v) is 21.8. The van der Waals surface area contributed by atoms with Crippen LogP contribution in [-0.4, -0.2) is 121 Å². The number of hydrogen-bond acceptors (Lipinski definition) is 13. The number of ether oxygens (including phenoxy) is 5. The van der Waals surface area contributed by atoms with Gasteiger partial charge in [-0.1, -0.05) is 50.0 Å². The number of hydrogen-bond donors (Lipinski definition) is 7. The molecule has 6 aliphatic rings. The van der Waals surface area contributed by atoms with Crippen molar-refractivity contribution in [3.63, 3.8) is 0 Å². The summed E-state index contributed by atoms with van der Waals surface area (Å²) in [5.74, 6) is 2.13. The van der Waals surface area contributed by atoms with Gasteiger partial charge in [0.15, 0.2) is 5.60 Å². The molecule has 15 nitrogen and oxygen atoms in total. The van der Waals surface area contributed by atoms with Crippen LogP contribution in [0.3, 0.4) is 0 Å². The number of aromatic nitrogens is 1. The Bertz CT molecular complexity index is 2530. The molecule has 2 spiro atoms. The molecule has 9 rings (SSSR count). The van der Waals surface area contributed by atoms with Gasteiger partial charge in [-0.25, -0.2) is 4.79 Å². The van der Waals surface area contributed by atoms with Crippen LogP contribution in [0.15, 0.2) is 85.4 Å². The molecule has 3 fully saturated rings. The van der Waals surface area contributed by atoms with Crippen LogP contribution in [-0.2, 0) is 38.2 Å². The van der Waals surface area contributed by atoms with Gasteiger partial charge in [0.25, 0.3) is 0 Å². The SMILES string of the molecule is C=CCc1ccc(OC2OC3C(CCCO)OC#CCC(O)C4CC2(OC(CCCCC)=CC42CCC4CC(Cc5ccc(C(=O)O)cc5)CC4(O)C2)C(O)C3O)cc1CC(COC)C(CO)n1ccc(C#N)c1. The third-order valence-electron chi connectivity index (χ3n) is 16.9. The molecular formula is C59H76N2O13. The van der Waals surface area contributed by atoms with Crippen LogP contribution >= 0.6 is 0 Å². The van der Waals surface area contributed by atoms with Crippen molar-refractivity contribution in [1.29, 1.82) is 5.26 Å². The first kappa shape index (κ1) is 55.0. The first-order chi connectivity index (χ1) is 35.7. The van der Waals surface area contributed by atoms with Crippen LogP contribution in [0.25, 0.3) is 0 Å². The largest absolute Gasteiger partial charge is 0.482 e. The van der Waals surface area contributed by atoms with Gasteiger partial charge in [0.1, 0.15) is 42.3 Å². The highest BCUT2D eigenvalue weighted by Crippen LogP contribution is 2.62. The molecule has 1 aromatic heterocycles. The highest BCUT2D eigenvalue weighted by molar-refractivity contribution is 5.87. The van der Waals surface area contributed by atoms with Gasteiger partial charge < -0.3 is 64.0 Å². The van der Waals surface area contributed by atoms with Crippen molar-refractivity contribution in [2.45, 2.75) is 164 Å². The molecule has 1 saturated heterocycles. The van der Waals surface area contributed by atoms with Gasteiger partial charge in [0, 0.05) is 51.3 Å². The fraction of sp³-hybridized carbons (Fsp3) is 0.593. The van der Waals surface area contributed by atoms with Crippen LogP contribution in [0.2, 0.25) is 0 Å². The number of aromatic carboxylic acids is 1. The highest BCUT2D eigenvalue weighted by atomic mass is 16.7. The molecule has 3 bridgehead atoms. The van der Waals surface area contributed by atoms with Crippen LogP contribution in [0.4, 0.5) is 0 Å². The number of aliphatic hydroxyl groups excluding tert-OH is 5. The molecule has 14 atom stereocenters. The van der Waals surface area contributed by atoms with Gasteiger partial charge >= 0.3 is 5.97 Å². The molecule has 5 heterocycles. The van der Waals surface area contributed by atoms with Crippen molar-refractivity contribution in [1.82, 2.24) is 4.57 Å². The van der Waals surface area contributed by atoms with E-state index < -0.39 is 71.4 Å². The average molecular weight is 1020 g/mol. The average Bonchev–Trinajstić information content (AvgIpc) is 3.96. The Balaban J connectivity index is 1.20. The molecule has 4 aliphatic heterocycles. The zero-order valence-electron chi connectivity index (χ0n) is 42.9. The topological polar surface area (TPSA) is 234 Å². The maximum atomic E-state index is 13.0. The summed E-state index contributed by atoms with van der Waals surface area (Å²) in [7, 11) is 1.61. The molecular weight excluding hydrogens is 945 g/mol. The molecule has 15 heteroatoms. The fourth-order valence-electron chi connectivity index (χ4n) is 13.3. The number of benzene rings is 2. The predicted octanol–water partition coefficient (Wildman–Crippen LogP) is 6.94. The van der Waals surface area contributed by atoms with E-state index in [4.69, 9.17) is 23.7 Å². The third-order valence-corrected chi connectivity index (χ3v) is 16.9. The minimum absolute atomic E-state index is 0.00712. The summed E-state index contributed by atoms with van der Waals surface area (Å²) >= 11 is 0. The Morgan fingerprint density at radius 2 is 1.89 bits per heavy atom. The summed E-state index contributed by atoms with van der Waals surface area (Å²) in [5, 5.41) is 90.8. The van der Waals surface area contributed by atoms with Crippen molar-refractivity contribution in [3.8, 4) is 23.8 Å². The van der Waals surface area contributed by atoms with Crippen LogP contribution in [0.1, 0.15) is 129 Å². The van der Waals surface area contributed by atoms with E-state index in [9.17, 15) is 45.8 Å². The zero-order chi connectivity index (χ0) is 52.6. The monoisotopic (exact) mass is 1020 g/mol. The molecule has 2 saturated carbocycles. The van der Waals surface area contributed by atoms with Gasteiger partial charge in [0.05, 0.1) is 47.8 Å². The number of carbonyl (C=O) groups is 1. The normalized spacial score (nSPS) is 32.1. The second-order valence-electron chi connectivity index (χ2n) is 21.8. The van der Waals surface area contributed by atoms with E-state index >= 15 is 0 Å². The van der Waals surface area contributed by atoms with E-state index in [1.165, 1.54) is 0 Å². The summed E-state index contributed by atoms with van der Waals surface area (Å²) in [4.78, 5) is 11.6. The Morgan fingerprint density at radius 3 is 2.59 bits per heavy atom. The van der Waals surface area contributed by atoms with Crippen molar-refractivity contribution in [3.05, 3.63) is 113 Å². The molecule has 0 amide bonds. The van der Waals surface area contributed by atoms with E-state index in [-0.39, 0.29) is 68.8 Å². The predicted molar refractivity (Wildman–Crippen MR) is 274 cm³/mol. The lowest BCUT2D eigenvalue weighted by atomic mass is 9.55. The summed E-state index contributed by atoms with van der Waals surface area (Å²) in [6, 6.07) is 16.0. The number of aliphatic hydroxyl groups is 6. The lowest BCUT2D eigenvalue weighted by Gasteiger charge is -2.54. The van der Waals surface area contributed by atoms with Gasteiger partial charge in [0.2, 0.25) is 6.29 Å². The molecule has 400 valence electrons. The second kappa shape index (κ2) is 24.2. The molecule has 7 N–H and O–H groups in total. The molecule has 2 aromatic carbocycles. The van der Waals surface area contributed by atoms with Crippen molar-refractivity contribution >= 4 is 5.97 Å². The van der Waals surface area contributed by atoms with E-state index in [1.54, 1.807) is 37.7 Å². The van der Waals surface area contributed by atoms with Crippen LogP contribution in [0.5, 0.6) is 5.75 Å². The summed E-state index contributed by atoms with van der Waals surface area (Å²) in [6.07, 6.45) is 10.3. The summed E-state index contributed by atoms with van der Waals surface area (Å²) in [6.45, 7) is 6.03. The number of allylic oxidation sites excluding steroid dienone is 3. The third kappa shape index (κ3) is 11.8. The smallest absolute Gasteiger partial charge is 0.335 e. The molecule has 14 unspecified atom stereocenters. The van der Waals surface area contributed by atoms with Crippen molar-refractivity contribution in [2.75, 3.05) is 26.9 Å². The van der Waals surface area contributed by atoms with Crippen LogP contribution in [0, 0.1) is 52.4 Å². The molecule has 0 radical (unpaired) electrons. The van der Waals surface area contributed by atoms with Crippen molar-refractivity contribution in [2.24, 2.45) is 29.1 Å². The number of methoxy groups -OCH3 is 1. The molecule has 3 aromatic rings. The number of carboxylic acid groups (broad SMARTS) is 1. The summed E-state index contributed by atoms with van der Waals surface area (Å²) < 4.78 is 35.0. The zero-order valence-corrected chi connectivity index (χ0v) is 42.9. The Labute approximate surface area is 435 Å². The van der Waals surface area contributed by atoms with E-state index in [0.29, 0.717) is 68.4 Å². The first-order valence-corrected chi connectivity index (χ1v) is 26.7. The van der Waals surface area contributed by atoms with E-state index in [1.807, 2.05) is 41.0 Å². The van der Waals surface area contributed by atoms with Crippen molar-refractivity contribution < 1.29 is 64.2 Å². The minimum Gasteiger partial charge on any atom is -0.482 e. The molecule has 74 heavy (non-hydrogen) atoms. The van der Waals surface area contributed by atoms with Crippen LogP contribution < -0.4 is 4.74 Å². The fourth-order valence-corrected chi connectivity index (χ4v) is 13.3. The quantitative estimate of drug-likeness (QED) is 0.0326. The van der Waals surface area contributed by atoms with Gasteiger partial charge in [-0.3, -0.25) is 0 Å².